The van der Waals surface area contributed by atoms with E-state index < -0.39 is 17.3 Å². The number of fused-ring (bicyclic) bond motifs is 1. The van der Waals surface area contributed by atoms with Crippen LogP contribution in [0.1, 0.15) is 42.3 Å². The molecule has 0 radical (unpaired) electrons. The first kappa shape index (κ1) is 17.5. The fourth-order valence-electron chi connectivity index (χ4n) is 4.24. The molecule has 1 amide bonds. The number of aryl methyl sites for hydroxylation is 1. The monoisotopic (exact) mass is 359 g/mol. The smallest absolute Gasteiger partial charge is 0.253 e. The summed E-state index contributed by atoms with van der Waals surface area (Å²) in [6.07, 6.45) is 0.515. The van der Waals surface area contributed by atoms with Gasteiger partial charge in [0.2, 0.25) is 0 Å². The lowest BCUT2D eigenvalue weighted by Gasteiger charge is -2.51. The van der Waals surface area contributed by atoms with E-state index in [1.165, 1.54) is 0 Å². The van der Waals surface area contributed by atoms with Crippen molar-refractivity contribution >= 4 is 16.9 Å². The number of rotatable bonds is 1. The Bertz CT molecular complexity index is 832. The van der Waals surface area contributed by atoms with Gasteiger partial charge in [0, 0.05) is 30.5 Å². The summed E-state index contributed by atoms with van der Waals surface area (Å²) < 4.78 is 11.4. The van der Waals surface area contributed by atoms with E-state index in [0.717, 1.165) is 16.7 Å². The van der Waals surface area contributed by atoms with Crippen LogP contribution in [0.25, 0.3) is 11.0 Å². The second-order valence-electron chi connectivity index (χ2n) is 7.82. The van der Waals surface area contributed by atoms with E-state index in [4.69, 9.17) is 9.15 Å². The second-order valence-corrected chi connectivity index (χ2v) is 7.82. The standard InChI is InChI=1S/C20H25NO5/c1-13-11-15-12-14(3-4-16(15)26-13)17(22)21-8-5-20(6-9-21)18(23)19(2,24)7-10-25-20/h3-4,11-12,18,23-24H,5-10H2,1-2H3/t18-,19+/m0/s1. The molecular formula is C20H25NO5. The molecule has 1 aromatic carbocycles. The van der Waals surface area contributed by atoms with E-state index in [0.29, 0.717) is 44.5 Å². The van der Waals surface area contributed by atoms with Gasteiger partial charge in [-0.2, -0.15) is 0 Å². The molecule has 3 heterocycles. The van der Waals surface area contributed by atoms with Gasteiger partial charge in [-0.15, -0.1) is 0 Å². The number of nitrogens with zero attached hydrogens (tertiary/aromatic N) is 1. The van der Waals surface area contributed by atoms with Gasteiger partial charge >= 0.3 is 0 Å². The van der Waals surface area contributed by atoms with Crippen LogP contribution in [0.5, 0.6) is 0 Å². The number of aliphatic hydroxyl groups excluding tert-OH is 1. The predicted molar refractivity (Wildman–Crippen MR) is 96.0 cm³/mol. The zero-order valence-corrected chi connectivity index (χ0v) is 15.2. The second kappa shape index (κ2) is 6.08. The number of furan rings is 1. The van der Waals surface area contributed by atoms with Crippen LogP contribution in [-0.4, -0.2) is 58.0 Å². The highest BCUT2D eigenvalue weighted by Crippen LogP contribution is 2.40. The van der Waals surface area contributed by atoms with Crippen LogP contribution in [-0.2, 0) is 4.74 Å². The van der Waals surface area contributed by atoms with Crippen molar-refractivity contribution in [2.75, 3.05) is 19.7 Å². The molecule has 6 nitrogen and oxygen atoms in total. The van der Waals surface area contributed by atoms with Crippen LogP contribution in [0, 0.1) is 6.92 Å². The molecule has 2 aromatic rings. The van der Waals surface area contributed by atoms with Gasteiger partial charge in [-0.1, -0.05) is 0 Å². The molecule has 1 aromatic heterocycles. The maximum absolute atomic E-state index is 12.9. The number of ether oxygens (including phenoxy) is 1. The zero-order valence-electron chi connectivity index (χ0n) is 15.2. The molecule has 2 N–H and O–H groups in total. The minimum atomic E-state index is -1.14. The Balaban J connectivity index is 1.49. The molecule has 2 aliphatic rings. The molecule has 0 unspecified atom stereocenters. The Hall–Kier alpha value is -1.89. The van der Waals surface area contributed by atoms with Crippen LogP contribution in [0.2, 0.25) is 0 Å². The van der Waals surface area contributed by atoms with Gasteiger partial charge in [-0.05, 0) is 51.0 Å². The fourth-order valence-corrected chi connectivity index (χ4v) is 4.24. The third-order valence-corrected chi connectivity index (χ3v) is 5.87. The van der Waals surface area contributed by atoms with Crippen molar-refractivity contribution in [1.82, 2.24) is 4.90 Å². The van der Waals surface area contributed by atoms with E-state index in [1.54, 1.807) is 17.9 Å². The molecule has 0 aliphatic carbocycles. The normalized spacial score (nSPS) is 28.6. The Morgan fingerprint density at radius 2 is 1.96 bits per heavy atom. The van der Waals surface area contributed by atoms with Crippen molar-refractivity contribution in [3.8, 4) is 0 Å². The van der Waals surface area contributed by atoms with Crippen molar-refractivity contribution in [3.05, 3.63) is 35.6 Å². The summed E-state index contributed by atoms with van der Waals surface area (Å²) in [6, 6.07) is 7.39. The van der Waals surface area contributed by atoms with Crippen molar-refractivity contribution in [2.45, 2.75) is 50.4 Å². The van der Waals surface area contributed by atoms with Gasteiger partial charge < -0.3 is 24.3 Å². The van der Waals surface area contributed by atoms with E-state index >= 15 is 0 Å². The number of benzene rings is 1. The van der Waals surface area contributed by atoms with Crippen LogP contribution in [0.15, 0.2) is 28.7 Å². The molecule has 26 heavy (non-hydrogen) atoms. The van der Waals surface area contributed by atoms with Gasteiger partial charge in [0.1, 0.15) is 23.0 Å². The number of aliphatic hydroxyl groups is 2. The number of carbonyl (C=O) groups excluding carboxylic acids is 1. The molecule has 140 valence electrons. The molecule has 2 atom stereocenters. The number of amides is 1. The average Bonchev–Trinajstić information content (AvgIpc) is 2.99. The molecule has 2 saturated heterocycles. The summed E-state index contributed by atoms with van der Waals surface area (Å²) >= 11 is 0. The molecule has 2 aliphatic heterocycles. The summed E-state index contributed by atoms with van der Waals surface area (Å²) in [5, 5.41) is 21.9. The number of hydrogen-bond donors (Lipinski definition) is 2. The van der Waals surface area contributed by atoms with Crippen molar-refractivity contribution in [3.63, 3.8) is 0 Å². The molecular weight excluding hydrogens is 334 g/mol. The van der Waals surface area contributed by atoms with E-state index in [-0.39, 0.29) is 5.91 Å². The molecule has 0 saturated carbocycles. The quantitative estimate of drug-likeness (QED) is 0.816. The summed E-state index contributed by atoms with van der Waals surface area (Å²) in [6.45, 7) is 4.95. The third kappa shape index (κ3) is 2.82. The maximum atomic E-state index is 12.9. The number of hydrogen-bond acceptors (Lipinski definition) is 5. The average molecular weight is 359 g/mol. The zero-order chi connectivity index (χ0) is 18.5. The van der Waals surface area contributed by atoms with Crippen LogP contribution in [0.4, 0.5) is 0 Å². The Kier molecular flexibility index (Phi) is 4.10. The largest absolute Gasteiger partial charge is 0.461 e. The maximum Gasteiger partial charge on any atom is 0.253 e. The Morgan fingerprint density at radius 3 is 2.69 bits per heavy atom. The minimum absolute atomic E-state index is 0.0299. The van der Waals surface area contributed by atoms with Gasteiger partial charge in [0.05, 0.1) is 12.2 Å². The van der Waals surface area contributed by atoms with Gasteiger partial charge in [-0.3, -0.25) is 4.79 Å². The number of piperidine rings is 1. The third-order valence-electron chi connectivity index (χ3n) is 5.87. The van der Waals surface area contributed by atoms with Crippen LogP contribution >= 0.6 is 0 Å². The molecule has 4 rings (SSSR count). The first-order valence-corrected chi connectivity index (χ1v) is 9.15. The lowest BCUT2D eigenvalue weighted by Crippen LogP contribution is -2.64. The van der Waals surface area contributed by atoms with E-state index in [1.807, 2.05) is 25.1 Å². The van der Waals surface area contributed by atoms with Crippen LogP contribution in [0.3, 0.4) is 0 Å². The van der Waals surface area contributed by atoms with Crippen molar-refractivity contribution < 1.29 is 24.2 Å². The minimum Gasteiger partial charge on any atom is -0.461 e. The first-order valence-electron chi connectivity index (χ1n) is 9.15. The summed E-state index contributed by atoms with van der Waals surface area (Å²) in [7, 11) is 0. The summed E-state index contributed by atoms with van der Waals surface area (Å²) in [5.41, 5.74) is -0.498. The molecule has 1 spiro atoms. The van der Waals surface area contributed by atoms with Gasteiger partial charge in [0.15, 0.2) is 0 Å². The number of carbonyl (C=O) groups is 1. The predicted octanol–water partition coefficient (Wildman–Crippen LogP) is 2.25. The van der Waals surface area contributed by atoms with Crippen molar-refractivity contribution in [2.24, 2.45) is 0 Å². The highest BCUT2D eigenvalue weighted by molar-refractivity contribution is 5.97. The Morgan fingerprint density at radius 1 is 1.23 bits per heavy atom. The van der Waals surface area contributed by atoms with Crippen LogP contribution < -0.4 is 0 Å². The van der Waals surface area contributed by atoms with Crippen molar-refractivity contribution in [1.29, 1.82) is 0 Å². The number of likely N-dealkylation sites (tertiary alicyclic amines) is 1. The van der Waals surface area contributed by atoms with E-state index in [2.05, 4.69) is 0 Å². The van der Waals surface area contributed by atoms with E-state index in [9.17, 15) is 15.0 Å². The topological polar surface area (TPSA) is 83.1 Å². The van der Waals surface area contributed by atoms with Gasteiger partial charge in [0.25, 0.3) is 5.91 Å². The molecule has 0 bridgehead atoms. The summed E-state index contributed by atoms with van der Waals surface area (Å²) in [5.74, 6) is 0.790. The fraction of sp³-hybridized carbons (Fsp3) is 0.550. The lowest BCUT2D eigenvalue weighted by molar-refractivity contribution is -0.244. The highest BCUT2D eigenvalue weighted by Gasteiger charge is 2.52. The first-order chi connectivity index (χ1) is 12.3. The molecule has 2 fully saturated rings. The molecule has 6 heteroatoms. The highest BCUT2D eigenvalue weighted by atomic mass is 16.5. The van der Waals surface area contributed by atoms with Gasteiger partial charge in [-0.25, -0.2) is 0 Å². The SMILES string of the molecule is Cc1cc2cc(C(=O)N3CCC4(CC3)OCC[C@@](C)(O)[C@@H]4O)ccc2o1. The lowest BCUT2D eigenvalue weighted by atomic mass is 9.75. The summed E-state index contributed by atoms with van der Waals surface area (Å²) in [4.78, 5) is 14.7. The Labute approximate surface area is 152 Å².